The number of aryl methyl sites for hydroxylation is 1. The molecule has 0 bridgehead atoms. The summed E-state index contributed by atoms with van der Waals surface area (Å²) in [5, 5.41) is 1.35. The van der Waals surface area contributed by atoms with Crippen molar-refractivity contribution in [1.29, 1.82) is 0 Å². The van der Waals surface area contributed by atoms with Gasteiger partial charge in [-0.15, -0.1) is 0 Å². The van der Waals surface area contributed by atoms with Crippen LogP contribution in [-0.2, 0) is 11.3 Å². The molecule has 0 unspecified atom stereocenters. The predicted octanol–water partition coefficient (Wildman–Crippen LogP) is 4.40. The summed E-state index contributed by atoms with van der Waals surface area (Å²) in [4.78, 5) is 16.6. The standard InChI is InChI=1S/C18H13ClN2O3/c1-11-2-5-17-20-14(9-21(17)8-11)10-23-18(22)16-7-12-6-13(19)3-4-15(12)24-16/h2-9H,10H2,1H3. The van der Waals surface area contributed by atoms with Crippen LogP contribution in [0.5, 0.6) is 0 Å². The number of aromatic nitrogens is 2. The van der Waals surface area contributed by atoms with Crippen LogP contribution in [0, 0.1) is 6.92 Å². The number of ether oxygens (including phenoxy) is 1. The minimum atomic E-state index is -0.532. The Bertz CT molecular complexity index is 1060. The van der Waals surface area contributed by atoms with Gasteiger partial charge in [-0.05, 0) is 42.8 Å². The highest BCUT2D eigenvalue weighted by Crippen LogP contribution is 2.23. The lowest BCUT2D eigenvalue weighted by Crippen LogP contribution is -2.04. The molecule has 0 saturated heterocycles. The van der Waals surface area contributed by atoms with Gasteiger partial charge in [0.05, 0.1) is 5.69 Å². The third-order valence-corrected chi connectivity index (χ3v) is 3.91. The predicted molar refractivity (Wildman–Crippen MR) is 90.3 cm³/mol. The van der Waals surface area contributed by atoms with Crippen LogP contribution < -0.4 is 0 Å². The van der Waals surface area contributed by atoms with Gasteiger partial charge in [-0.25, -0.2) is 9.78 Å². The Labute approximate surface area is 142 Å². The first-order chi connectivity index (χ1) is 11.6. The number of nitrogens with zero attached hydrogens (tertiary/aromatic N) is 2. The Morgan fingerprint density at radius 1 is 1.25 bits per heavy atom. The van der Waals surface area contributed by atoms with Gasteiger partial charge >= 0.3 is 5.97 Å². The summed E-state index contributed by atoms with van der Waals surface area (Å²) < 4.78 is 12.7. The molecule has 0 aliphatic heterocycles. The molecule has 0 atom stereocenters. The number of rotatable bonds is 3. The largest absolute Gasteiger partial charge is 0.453 e. The summed E-state index contributed by atoms with van der Waals surface area (Å²) in [6.07, 6.45) is 3.81. The maximum absolute atomic E-state index is 12.2. The van der Waals surface area contributed by atoms with Gasteiger partial charge in [0, 0.05) is 22.8 Å². The lowest BCUT2D eigenvalue weighted by molar-refractivity contribution is 0.0434. The van der Waals surface area contributed by atoms with E-state index >= 15 is 0 Å². The van der Waals surface area contributed by atoms with Crippen molar-refractivity contribution in [3.8, 4) is 0 Å². The van der Waals surface area contributed by atoms with Crippen LogP contribution in [0.2, 0.25) is 5.02 Å². The molecule has 0 amide bonds. The molecule has 5 nitrogen and oxygen atoms in total. The fraction of sp³-hybridized carbons (Fsp3) is 0.111. The van der Waals surface area contributed by atoms with E-state index in [4.69, 9.17) is 20.8 Å². The molecular weight excluding hydrogens is 328 g/mol. The van der Waals surface area contributed by atoms with Crippen LogP contribution in [0.1, 0.15) is 21.8 Å². The van der Waals surface area contributed by atoms with Gasteiger partial charge in [0.2, 0.25) is 5.76 Å². The lowest BCUT2D eigenvalue weighted by atomic mass is 10.2. The van der Waals surface area contributed by atoms with Crippen LogP contribution >= 0.6 is 11.6 Å². The zero-order valence-corrected chi connectivity index (χ0v) is 13.6. The average Bonchev–Trinajstić information content (AvgIpc) is 3.15. The van der Waals surface area contributed by atoms with Gasteiger partial charge in [-0.2, -0.15) is 0 Å². The fourth-order valence-corrected chi connectivity index (χ4v) is 2.73. The highest BCUT2D eigenvalue weighted by atomic mass is 35.5. The number of benzene rings is 1. The van der Waals surface area contributed by atoms with Crippen LogP contribution in [0.15, 0.2) is 53.2 Å². The van der Waals surface area contributed by atoms with E-state index in [1.54, 1.807) is 24.3 Å². The van der Waals surface area contributed by atoms with Gasteiger partial charge in [-0.3, -0.25) is 0 Å². The molecule has 3 heterocycles. The van der Waals surface area contributed by atoms with Gasteiger partial charge in [-0.1, -0.05) is 17.7 Å². The third kappa shape index (κ3) is 2.74. The SMILES string of the molecule is Cc1ccc2nc(COC(=O)c3cc4cc(Cl)ccc4o3)cn2c1. The van der Waals surface area contributed by atoms with E-state index in [9.17, 15) is 4.79 Å². The van der Waals surface area contributed by atoms with Crippen LogP contribution in [0.3, 0.4) is 0 Å². The van der Waals surface area contributed by atoms with Crippen molar-refractivity contribution in [3.05, 3.63) is 70.8 Å². The topological polar surface area (TPSA) is 56.7 Å². The number of esters is 1. The molecule has 0 N–H and O–H groups in total. The number of hydrogen-bond acceptors (Lipinski definition) is 4. The molecule has 1 aromatic carbocycles. The molecule has 0 aliphatic carbocycles. The molecule has 0 fully saturated rings. The van der Waals surface area contributed by atoms with Crippen molar-refractivity contribution in [2.45, 2.75) is 13.5 Å². The Morgan fingerprint density at radius 2 is 2.12 bits per heavy atom. The number of imidazole rings is 1. The third-order valence-electron chi connectivity index (χ3n) is 3.68. The second-order valence-corrected chi connectivity index (χ2v) is 6.01. The normalized spacial score (nSPS) is 11.2. The highest BCUT2D eigenvalue weighted by molar-refractivity contribution is 6.31. The lowest BCUT2D eigenvalue weighted by Gasteiger charge is -1.99. The van der Waals surface area contributed by atoms with Gasteiger partial charge in [0.25, 0.3) is 0 Å². The van der Waals surface area contributed by atoms with E-state index < -0.39 is 5.97 Å². The number of carbonyl (C=O) groups is 1. The van der Waals surface area contributed by atoms with Crippen molar-refractivity contribution in [1.82, 2.24) is 9.38 Å². The molecule has 0 saturated carbocycles. The van der Waals surface area contributed by atoms with Gasteiger partial charge < -0.3 is 13.6 Å². The smallest absolute Gasteiger partial charge is 0.374 e. The van der Waals surface area contributed by atoms with E-state index in [0.29, 0.717) is 16.3 Å². The first kappa shape index (κ1) is 14.8. The van der Waals surface area contributed by atoms with Crippen molar-refractivity contribution in [3.63, 3.8) is 0 Å². The fourth-order valence-electron chi connectivity index (χ4n) is 2.55. The Hall–Kier alpha value is -2.79. The number of fused-ring (bicyclic) bond motifs is 2. The molecule has 3 aromatic heterocycles. The van der Waals surface area contributed by atoms with E-state index in [2.05, 4.69) is 4.98 Å². The van der Waals surface area contributed by atoms with Crippen molar-refractivity contribution in [2.24, 2.45) is 0 Å². The zero-order valence-electron chi connectivity index (χ0n) is 12.8. The number of pyridine rings is 1. The van der Waals surface area contributed by atoms with Crippen LogP contribution in [-0.4, -0.2) is 15.4 Å². The second kappa shape index (κ2) is 5.69. The van der Waals surface area contributed by atoms with Crippen LogP contribution in [0.4, 0.5) is 0 Å². The Kier molecular flexibility index (Phi) is 3.50. The average molecular weight is 341 g/mol. The molecule has 0 aliphatic rings. The first-order valence-electron chi connectivity index (χ1n) is 7.39. The Morgan fingerprint density at radius 3 is 3.00 bits per heavy atom. The molecule has 4 aromatic rings. The molecule has 0 radical (unpaired) electrons. The molecule has 120 valence electrons. The second-order valence-electron chi connectivity index (χ2n) is 5.57. The summed E-state index contributed by atoms with van der Waals surface area (Å²) >= 11 is 5.93. The molecular formula is C18H13ClN2O3. The number of halogens is 1. The van der Waals surface area contributed by atoms with E-state index in [0.717, 1.165) is 16.6 Å². The van der Waals surface area contributed by atoms with Gasteiger partial charge in [0.15, 0.2) is 0 Å². The summed E-state index contributed by atoms with van der Waals surface area (Å²) in [6.45, 7) is 2.09. The number of carbonyl (C=O) groups excluding carboxylic acids is 1. The van der Waals surface area contributed by atoms with E-state index in [1.165, 1.54) is 0 Å². The van der Waals surface area contributed by atoms with E-state index in [-0.39, 0.29) is 12.4 Å². The van der Waals surface area contributed by atoms with Crippen molar-refractivity contribution in [2.75, 3.05) is 0 Å². The van der Waals surface area contributed by atoms with E-state index in [1.807, 2.05) is 35.9 Å². The number of furan rings is 1. The van der Waals surface area contributed by atoms with Crippen LogP contribution in [0.25, 0.3) is 16.6 Å². The summed E-state index contributed by atoms with van der Waals surface area (Å²) in [7, 11) is 0. The first-order valence-corrected chi connectivity index (χ1v) is 7.77. The zero-order chi connectivity index (χ0) is 16.7. The minimum absolute atomic E-state index is 0.0807. The maximum atomic E-state index is 12.2. The van der Waals surface area contributed by atoms with Gasteiger partial charge in [0.1, 0.15) is 17.8 Å². The highest BCUT2D eigenvalue weighted by Gasteiger charge is 2.15. The van der Waals surface area contributed by atoms with Crippen molar-refractivity contribution < 1.29 is 13.9 Å². The maximum Gasteiger partial charge on any atom is 0.374 e. The molecule has 0 spiro atoms. The van der Waals surface area contributed by atoms with Crippen molar-refractivity contribution >= 4 is 34.2 Å². The monoisotopic (exact) mass is 340 g/mol. The minimum Gasteiger partial charge on any atom is -0.453 e. The molecule has 4 rings (SSSR count). The quantitative estimate of drug-likeness (QED) is 0.519. The molecule has 6 heteroatoms. The number of hydrogen-bond donors (Lipinski definition) is 0. The Balaban J connectivity index is 1.52. The molecule has 24 heavy (non-hydrogen) atoms. The summed E-state index contributed by atoms with van der Waals surface area (Å²) in [6, 6.07) is 10.7. The summed E-state index contributed by atoms with van der Waals surface area (Å²) in [5.41, 5.74) is 3.21. The summed E-state index contributed by atoms with van der Waals surface area (Å²) in [5.74, 6) is -0.387.